The summed E-state index contributed by atoms with van der Waals surface area (Å²) in [6.07, 6.45) is 7.16. The Balaban J connectivity index is 0.00000520. The molecule has 1 aliphatic heterocycles. The molecule has 5 rings (SSSR count). The molecule has 3 amide bonds. The summed E-state index contributed by atoms with van der Waals surface area (Å²) in [6.45, 7) is 8.28. The van der Waals surface area contributed by atoms with Crippen LogP contribution in [0.1, 0.15) is 41.4 Å². The zero-order valence-corrected chi connectivity index (χ0v) is 31.6. The molecule has 0 aliphatic carbocycles. The van der Waals surface area contributed by atoms with Gasteiger partial charge in [0.15, 0.2) is 0 Å². The molecule has 5 N–H and O–H groups in total. The van der Waals surface area contributed by atoms with Crippen molar-refractivity contribution in [1.82, 2.24) is 30.4 Å². The Morgan fingerprint density at radius 2 is 1.90 bits per heavy atom. The summed E-state index contributed by atoms with van der Waals surface area (Å²) in [6, 6.07) is 10.9. The predicted molar refractivity (Wildman–Crippen MR) is 190 cm³/mol. The summed E-state index contributed by atoms with van der Waals surface area (Å²) < 4.78 is 11.3. The average Bonchev–Trinajstić information content (AvgIpc) is 3.54. The molecule has 13 nitrogen and oxygen atoms in total. The fraction of sp³-hybridized carbons (Fsp3) is 0.281. The second-order valence-corrected chi connectivity index (χ2v) is 11.5. The number of rotatable bonds is 11. The number of anilines is 4. The Morgan fingerprint density at radius 3 is 2.62 bits per heavy atom. The molecule has 0 atom stereocenters. The van der Waals surface area contributed by atoms with Gasteiger partial charge in [-0.15, -0.1) is 6.42 Å². The number of amides is 3. The average molecular weight is 890 g/mol. The molecule has 1 saturated heterocycles. The second kappa shape index (κ2) is 17.4. The molecule has 0 spiro atoms. The van der Waals surface area contributed by atoms with E-state index in [0.717, 1.165) is 25.3 Å². The number of urea groups is 1. The molecule has 252 valence electrons. The summed E-state index contributed by atoms with van der Waals surface area (Å²) in [7, 11) is 0. The van der Waals surface area contributed by atoms with Gasteiger partial charge in [0.25, 0.3) is 5.91 Å². The predicted octanol–water partition coefficient (Wildman–Crippen LogP) is 4.94. The van der Waals surface area contributed by atoms with E-state index in [0.29, 0.717) is 42.4 Å². The van der Waals surface area contributed by atoms with Crippen LogP contribution >= 0.6 is 23.2 Å². The van der Waals surface area contributed by atoms with E-state index in [1.54, 1.807) is 36.4 Å². The number of morpholine rings is 1. The van der Waals surface area contributed by atoms with Crippen LogP contribution in [0.4, 0.5) is 27.9 Å². The monoisotopic (exact) mass is 888 g/mol. The van der Waals surface area contributed by atoms with Gasteiger partial charge in [-0.05, 0) is 36.2 Å². The van der Waals surface area contributed by atoms with Crippen molar-refractivity contribution < 1.29 is 19.1 Å². The van der Waals surface area contributed by atoms with Gasteiger partial charge in [0.1, 0.15) is 16.6 Å². The molecule has 16 heteroatoms. The number of nitrogens with zero attached hydrogens (tertiary/aromatic N) is 4. The fourth-order valence-electron chi connectivity index (χ4n) is 4.55. The molecular weight excluding hydrogens is 854 g/mol. The number of aromatic amines is 1. The maximum atomic E-state index is 12.9. The van der Waals surface area contributed by atoms with E-state index >= 15 is 0 Å². The van der Waals surface area contributed by atoms with E-state index < -0.39 is 6.03 Å². The molecule has 4 aromatic rings. The Morgan fingerprint density at radius 1 is 1.10 bits per heavy atom. The first-order valence-corrected chi connectivity index (χ1v) is 15.5. The SMILES string of the molecule is C#Cc1cc(Nc2nccc(Oc3ccc(NC(=O)Nc4cc(C(C)C)n[nH]4)c(Cl)c3Cl)n2)cc(C(=O)NCCN2CCOCC2)c1.[PoH2]. The van der Waals surface area contributed by atoms with Gasteiger partial charge >= 0.3 is 32.6 Å². The van der Waals surface area contributed by atoms with Gasteiger partial charge in [-0.1, -0.05) is 43.0 Å². The molecule has 2 aromatic carbocycles. The second-order valence-electron chi connectivity index (χ2n) is 10.8. The Hall–Kier alpha value is -3.97. The Bertz CT molecular complexity index is 1790. The number of carbonyl (C=O) groups is 2. The zero-order valence-electron chi connectivity index (χ0n) is 26.2. The van der Waals surface area contributed by atoms with E-state index in [9.17, 15) is 9.59 Å². The van der Waals surface area contributed by atoms with Crippen molar-refractivity contribution in [2.45, 2.75) is 19.8 Å². The number of hydrogen-bond acceptors (Lipinski definition) is 9. The van der Waals surface area contributed by atoms with Crippen molar-refractivity contribution in [3.8, 4) is 24.0 Å². The van der Waals surface area contributed by atoms with Crippen LogP contribution in [0.2, 0.25) is 10.0 Å². The van der Waals surface area contributed by atoms with Crippen LogP contribution in [-0.2, 0) is 4.74 Å². The molecule has 0 bridgehead atoms. The van der Waals surface area contributed by atoms with Gasteiger partial charge in [0, 0.05) is 61.3 Å². The topological polar surface area (TPSA) is 158 Å². The standard InChI is InChI=1S/C32H33Cl2N9O4.Po.2H/c1-4-20-15-21(30(44)35-9-10-43-11-13-46-14-12-43)17-22(16-20)37-31-36-8-7-27(40-31)47-25-6-5-23(28(33)29(25)34)38-32(45)39-26-18-24(19(2)3)41-42-26;;;/h1,5-8,15-19H,9-14H2,2-3H3,(H,35,44)(H,36,37,40)(H3,38,39,41,42,45);;;. The summed E-state index contributed by atoms with van der Waals surface area (Å²) >= 11 is 13.0. The van der Waals surface area contributed by atoms with Crippen LogP contribution in [0.25, 0.3) is 0 Å². The first kappa shape index (κ1) is 36.9. The fourth-order valence-corrected chi connectivity index (χ4v) is 4.96. The van der Waals surface area contributed by atoms with E-state index in [4.69, 9.17) is 39.1 Å². The molecule has 1 aliphatic rings. The first-order chi connectivity index (χ1) is 22.7. The third kappa shape index (κ3) is 10.0. The van der Waals surface area contributed by atoms with E-state index in [-0.39, 0.29) is 71.7 Å². The number of carbonyl (C=O) groups excluding carboxylic acids is 2. The van der Waals surface area contributed by atoms with Crippen molar-refractivity contribution in [2.75, 3.05) is 55.3 Å². The first-order valence-electron chi connectivity index (χ1n) is 14.8. The number of hydrogen-bond donors (Lipinski definition) is 5. The summed E-state index contributed by atoms with van der Waals surface area (Å²) in [5, 5.41) is 18.4. The minimum atomic E-state index is -0.537. The Labute approximate surface area is 307 Å². The van der Waals surface area contributed by atoms with Crippen molar-refractivity contribution in [3.63, 3.8) is 0 Å². The number of H-pyrrole nitrogens is 1. The maximum absolute atomic E-state index is 12.9. The van der Waals surface area contributed by atoms with Crippen LogP contribution in [0.3, 0.4) is 0 Å². The minimum absolute atomic E-state index is 0. The molecule has 48 heavy (non-hydrogen) atoms. The van der Waals surface area contributed by atoms with Crippen LogP contribution in [0, 0.1) is 12.3 Å². The number of ether oxygens (including phenoxy) is 2. The summed E-state index contributed by atoms with van der Waals surface area (Å²) in [5.41, 5.74) is 2.50. The van der Waals surface area contributed by atoms with E-state index in [1.807, 2.05) is 13.8 Å². The van der Waals surface area contributed by atoms with Gasteiger partial charge in [0.2, 0.25) is 11.8 Å². The third-order valence-corrected chi connectivity index (χ3v) is 7.88. The Kier molecular flexibility index (Phi) is 13.4. The number of benzene rings is 2. The van der Waals surface area contributed by atoms with Gasteiger partial charge in [-0.2, -0.15) is 10.1 Å². The molecule has 0 saturated carbocycles. The van der Waals surface area contributed by atoms with Crippen molar-refractivity contribution in [3.05, 3.63) is 75.5 Å². The van der Waals surface area contributed by atoms with Crippen LogP contribution in [-0.4, -0.2) is 103 Å². The van der Waals surface area contributed by atoms with Crippen LogP contribution in [0.5, 0.6) is 11.6 Å². The normalized spacial score (nSPS) is 12.8. The quantitative estimate of drug-likeness (QED) is 0.132. The number of halogens is 2. The van der Waals surface area contributed by atoms with E-state index in [2.05, 4.69) is 52.3 Å². The molecule has 0 unspecified atom stereocenters. The molecular formula is C32H35Cl2N9O4Po. The van der Waals surface area contributed by atoms with Gasteiger partial charge < -0.3 is 25.4 Å². The van der Waals surface area contributed by atoms with Crippen LogP contribution in [0.15, 0.2) is 48.7 Å². The third-order valence-electron chi connectivity index (χ3n) is 7.01. The van der Waals surface area contributed by atoms with Crippen LogP contribution < -0.4 is 26.0 Å². The number of terminal acetylenes is 1. The van der Waals surface area contributed by atoms with E-state index in [1.165, 1.54) is 12.3 Å². The number of nitrogens with one attached hydrogen (secondary N) is 5. The van der Waals surface area contributed by atoms with Crippen molar-refractivity contribution in [2.24, 2.45) is 0 Å². The van der Waals surface area contributed by atoms with Gasteiger partial charge in [-0.25, -0.2) is 9.78 Å². The zero-order chi connectivity index (χ0) is 33.3. The molecule has 0 radical (unpaired) electrons. The summed E-state index contributed by atoms with van der Waals surface area (Å²) in [5.74, 6) is 3.51. The van der Waals surface area contributed by atoms with Crippen molar-refractivity contribution >= 4 is 84.8 Å². The summed E-state index contributed by atoms with van der Waals surface area (Å²) in [4.78, 5) is 36.3. The van der Waals surface area contributed by atoms with Gasteiger partial charge in [0.05, 0.1) is 29.6 Å². The molecule has 2 aromatic heterocycles. The number of aromatic nitrogens is 4. The van der Waals surface area contributed by atoms with Gasteiger partial charge in [-0.3, -0.25) is 20.1 Å². The molecule has 1 fully saturated rings. The van der Waals surface area contributed by atoms with Crippen molar-refractivity contribution in [1.29, 1.82) is 0 Å². The molecule has 3 heterocycles.